The van der Waals surface area contributed by atoms with E-state index in [2.05, 4.69) is 201 Å². The van der Waals surface area contributed by atoms with E-state index >= 15 is 0 Å². The van der Waals surface area contributed by atoms with Gasteiger partial charge in [-0.05, 0) is 225 Å². The van der Waals surface area contributed by atoms with Crippen LogP contribution in [-0.2, 0) is 80.9 Å². The molecule has 3 aliphatic rings. The number of likely N-dealkylation sites (tertiary alicyclic amines) is 1. The minimum Gasteiger partial charge on any atom is -0.497 e. The fraction of sp³-hybridized carbons (Fsp3) is 0.388. The van der Waals surface area contributed by atoms with E-state index in [1.54, 1.807) is 97.6 Å². The Hall–Kier alpha value is -13.0. The number of amides is 1. The first-order valence-corrected chi connectivity index (χ1v) is 54.5. The minimum atomic E-state index is -2.18. The maximum atomic E-state index is 12.1. The Morgan fingerprint density at radius 1 is 0.430 bits per heavy atom. The van der Waals surface area contributed by atoms with Crippen molar-refractivity contribution in [1.82, 2.24) is 125 Å². The average Bonchev–Trinajstić information content (AvgIpc) is 1.61. The lowest BCUT2D eigenvalue weighted by atomic mass is 10.1. The first-order chi connectivity index (χ1) is 67.9. The third-order valence-electron chi connectivity index (χ3n) is 26.1. The molecule has 2 unspecified atom stereocenters. The molecule has 19 aromatic heterocycles. The summed E-state index contributed by atoms with van der Waals surface area (Å²) in [5.41, 5.74) is 21.3. The van der Waals surface area contributed by atoms with Gasteiger partial charge >= 0.3 is 6.09 Å². The van der Waals surface area contributed by atoms with Gasteiger partial charge in [0.25, 0.3) is 0 Å². The molecule has 1 aliphatic carbocycles. The predicted octanol–water partition coefficient (Wildman–Crippen LogP) is 19.8. The van der Waals surface area contributed by atoms with Crippen molar-refractivity contribution in [2.75, 3.05) is 78.1 Å². The third kappa shape index (κ3) is 19.3. The maximum absolute atomic E-state index is 12.1. The van der Waals surface area contributed by atoms with Gasteiger partial charge in [-0.2, -0.15) is 61.2 Å². The van der Waals surface area contributed by atoms with Gasteiger partial charge in [-0.3, -0.25) is 32.3 Å². The Morgan fingerprint density at radius 3 is 1.05 bits per heavy atom. The van der Waals surface area contributed by atoms with Crippen LogP contribution in [-0.4, -0.2) is 205 Å². The van der Waals surface area contributed by atoms with Crippen LogP contribution in [0.2, 0.25) is 0 Å². The second kappa shape index (κ2) is 39.4. The first-order valence-electron chi connectivity index (χ1n) is 46.6. The van der Waals surface area contributed by atoms with Gasteiger partial charge in [0.2, 0.25) is 0 Å². The normalized spacial score (nSPS) is 14.3. The zero-order valence-electron chi connectivity index (χ0n) is 83.6. The summed E-state index contributed by atoms with van der Waals surface area (Å²) >= 11 is 11.6. The summed E-state index contributed by atoms with van der Waals surface area (Å²) in [6.07, 6.45) is 5.10. The van der Waals surface area contributed by atoms with E-state index in [4.69, 9.17) is 14.2 Å². The van der Waals surface area contributed by atoms with Crippen LogP contribution in [0.1, 0.15) is 124 Å². The summed E-state index contributed by atoms with van der Waals surface area (Å²) in [5.74, 6) is 10.8. The largest absolute Gasteiger partial charge is 0.497 e. The molecule has 24 rings (SSSR count). The van der Waals surface area contributed by atoms with Gasteiger partial charge in [0.05, 0.1) is 128 Å². The molecule has 1 amide bonds. The molecule has 2 aromatic carbocycles. The molecular weight excluding hydrogens is 1950 g/mol. The number of methoxy groups -OCH3 is 1. The number of aryl methyl sites for hydroxylation is 18. The zero-order valence-corrected chi connectivity index (χ0v) is 90.1. The van der Waals surface area contributed by atoms with E-state index in [1.807, 2.05) is 169 Å². The smallest absolute Gasteiger partial charge is 0.410 e. The molecule has 44 heteroatoms. The number of rotatable bonds is 18. The highest BCUT2D eigenvalue weighted by molar-refractivity contribution is 7.99. The summed E-state index contributed by atoms with van der Waals surface area (Å²) < 4.78 is 46.4. The number of anilines is 6. The van der Waals surface area contributed by atoms with Crippen molar-refractivity contribution in [3.63, 3.8) is 0 Å². The molecule has 0 spiro atoms. The van der Waals surface area contributed by atoms with Crippen LogP contribution in [0.3, 0.4) is 0 Å². The molecular formula is C98H113N31O5S8. The van der Waals surface area contributed by atoms with Crippen molar-refractivity contribution in [2.24, 2.45) is 48.2 Å². The number of ether oxygens (including phenoxy) is 3. The Labute approximate surface area is 846 Å². The van der Waals surface area contributed by atoms with Gasteiger partial charge in [0.15, 0.2) is 34.9 Å². The van der Waals surface area contributed by atoms with Crippen molar-refractivity contribution in [2.45, 2.75) is 165 Å². The van der Waals surface area contributed by atoms with Crippen LogP contribution < -0.4 is 36.6 Å². The molecule has 142 heavy (non-hydrogen) atoms. The average molecular weight is 2060 g/mol. The van der Waals surface area contributed by atoms with E-state index in [-0.39, 0.29) is 12.1 Å². The highest BCUT2D eigenvalue weighted by Crippen LogP contribution is 2.47. The minimum absolute atomic E-state index is 0.162. The molecule has 21 aromatic rings. The Kier molecular flexibility index (Phi) is 27.1. The predicted molar refractivity (Wildman–Crippen MR) is 581 cm³/mol. The van der Waals surface area contributed by atoms with E-state index in [1.165, 1.54) is 71.9 Å². The van der Waals surface area contributed by atoms with Gasteiger partial charge in [-0.1, -0.05) is 30.3 Å². The number of fused-ring (bicyclic) bond motifs is 18. The lowest BCUT2D eigenvalue weighted by Gasteiger charge is -2.40. The van der Waals surface area contributed by atoms with Gasteiger partial charge < -0.3 is 51.0 Å². The lowest BCUT2D eigenvalue weighted by Crippen LogP contribution is -2.58. The number of carbonyl (C=O) groups is 1. The van der Waals surface area contributed by atoms with Crippen molar-refractivity contribution in [1.29, 1.82) is 0 Å². The second-order valence-electron chi connectivity index (χ2n) is 37.4. The number of hydrogen-bond donors (Lipinski definition) is 6. The number of thiophene rings is 7. The zero-order chi connectivity index (χ0) is 100. The Balaban J connectivity index is 0.000000109. The van der Waals surface area contributed by atoms with Gasteiger partial charge in [0.1, 0.15) is 40.3 Å². The van der Waals surface area contributed by atoms with Crippen LogP contribution in [0.5, 0.6) is 5.75 Å². The number of nitrogens with zero attached hydrogens (tertiary/aromatic N) is 25. The van der Waals surface area contributed by atoms with E-state index < -0.39 is 15.1 Å². The van der Waals surface area contributed by atoms with E-state index in [9.17, 15) is 9.00 Å². The monoisotopic (exact) mass is 2060 g/mol. The number of carbonyl (C=O) groups excluding carboxylic acids is 1. The summed E-state index contributed by atoms with van der Waals surface area (Å²) in [4.78, 5) is 21.6. The van der Waals surface area contributed by atoms with Crippen LogP contribution >= 0.6 is 79.4 Å². The van der Waals surface area contributed by atoms with Gasteiger partial charge in [0, 0.05) is 130 Å². The molecule has 3 fully saturated rings. The highest BCUT2D eigenvalue weighted by atomic mass is 32.2. The van der Waals surface area contributed by atoms with Crippen molar-refractivity contribution in [3.05, 3.63) is 150 Å². The fourth-order valence-corrected chi connectivity index (χ4v) is 25.7. The molecule has 0 radical (unpaired) electrons. The summed E-state index contributed by atoms with van der Waals surface area (Å²) in [7, 11) is 11.3. The topological polar surface area (TPSA) is 399 Å². The molecule has 2 atom stereocenters. The summed E-state index contributed by atoms with van der Waals surface area (Å²) in [5, 5.41) is 109. The van der Waals surface area contributed by atoms with Gasteiger partial charge in [-0.15, -0.1) is 110 Å². The fourth-order valence-electron chi connectivity index (χ4n) is 17.4. The molecule has 36 nitrogen and oxygen atoms in total. The SMILES string of the molecule is C=S(C)(=O)c1ccc(CNc2nn(C)c3c2sc2nnc(C)c(C)c23)cc1.COc1ccc(CNc2nn(C)c3c2sc2nnc(C)c(C)c23)cc1.Cc1nnc2sc3c(NC4CCOC4)nn(C)c3c2c1C.Cc1nnc2sc3c(NC4CN(C(=O)OC(C)(C)C)C4)nn(C)c3c2c1C.Cc1nnc2sc3c(NCC4CC4)nn(C)c3c2c1C.Cc1nnc2sc3c(NCc4cccs4)nn(C)c3c2c1C. The molecule has 2 aliphatic heterocycles. The molecule has 0 bridgehead atoms. The number of benzene rings is 2. The van der Waals surface area contributed by atoms with E-state index in [0.717, 1.165) is 231 Å². The van der Waals surface area contributed by atoms with E-state index in [0.29, 0.717) is 32.2 Å². The molecule has 1 saturated carbocycles. The van der Waals surface area contributed by atoms with Crippen LogP contribution in [0.15, 0.2) is 70.9 Å². The quantitative estimate of drug-likeness (QED) is 0.0435. The molecule has 21 heterocycles. The van der Waals surface area contributed by atoms with Crippen molar-refractivity contribution >= 4 is 258 Å². The standard InChI is InChI=1S/C19H21N5OS2.C18H24N6O2S.C18H19N5OS.C15H15N5S2.C14H17N5OS.C14H17N5S/c1-11-12(2)21-22-19-15(11)16-17(26-19)18(23-24(16)3)20-10-13-6-8-14(9-7-13)27(4,5)25;1-9-10(2)20-21-16-12(9)13-14(27-16)15(22-23(13)6)19-11-7-24(8-11)17(25)26-18(3,4)5;1-10-11(2)20-21-18-14(10)15-16(25-18)17(22-23(15)3)19-9-12-5-7-13(24-4)8-6-12;1-8-9(2)17-18-15-11(8)12-13(22-15)14(19-20(12)3)16-7-10-5-4-6-21-10;1-7-8(2)16-17-14-10(7)11-12(21-14)13(18-19(11)3)15-9-4-5-20-6-9;1-7-8(2)16-17-14-10(7)11-12(20-14)13(18-19(11)3)15-6-9-4-5-9/h6-9H,4,10H2,1-3,5H3,(H,20,23);11H,7-8H2,1-6H3,(H,19,22);5-8H,9H2,1-4H3,(H,19,22);4-6H,7H2,1-3H3,(H,16,19);9H,4-6H2,1-3H3,(H,15,18);9H,4-6H2,1-3H3,(H,15,18). The maximum Gasteiger partial charge on any atom is 0.410 e. The Morgan fingerprint density at radius 2 is 0.746 bits per heavy atom. The number of nitrogens with one attached hydrogen (secondary N) is 6. The second-order valence-corrected chi connectivity index (χ2v) is 47.0. The lowest BCUT2D eigenvalue weighted by molar-refractivity contribution is 0.0104. The number of hydrogen-bond acceptors (Lipinski definition) is 36. The molecule has 6 N–H and O–H groups in total. The number of aromatic nitrogens is 24. The first kappa shape index (κ1) is 97.9. The third-order valence-corrected chi connectivity index (χ3v) is 34.6. The van der Waals surface area contributed by atoms with Crippen LogP contribution in [0.4, 0.5) is 39.7 Å². The molecule has 738 valence electrons. The van der Waals surface area contributed by atoms with Crippen molar-refractivity contribution < 1.29 is 23.2 Å². The van der Waals surface area contributed by atoms with Crippen molar-refractivity contribution in [3.8, 4) is 5.75 Å². The summed E-state index contributed by atoms with van der Waals surface area (Å²) in [6.45, 7) is 36.1. The molecule has 2 saturated heterocycles. The summed E-state index contributed by atoms with van der Waals surface area (Å²) in [6, 6.07) is 20.4. The Bertz CT molecular complexity index is 8520. The van der Waals surface area contributed by atoms with Crippen LogP contribution in [0, 0.1) is 89.0 Å². The highest BCUT2D eigenvalue weighted by Gasteiger charge is 2.36. The van der Waals surface area contributed by atoms with Gasteiger partial charge in [-0.25, -0.2) is 4.79 Å². The van der Waals surface area contributed by atoms with Crippen LogP contribution in [0.25, 0.3) is 123 Å².